The van der Waals surface area contributed by atoms with E-state index < -0.39 is 54.2 Å². The Bertz CT molecular complexity index is 424. The normalized spacial score (nSPS) is 35.7. The van der Waals surface area contributed by atoms with Crippen molar-refractivity contribution in [3.63, 3.8) is 0 Å². The molecular weight excluding hydrogens is 282 g/mol. The maximum absolute atomic E-state index is 14.5. The summed E-state index contributed by atoms with van der Waals surface area (Å²) in [5, 5.41) is 0. The van der Waals surface area contributed by atoms with Gasteiger partial charge in [-0.15, -0.1) is 0 Å². The van der Waals surface area contributed by atoms with Crippen LogP contribution in [0.4, 0.5) is 4.39 Å². The zero-order valence-corrected chi connectivity index (χ0v) is 12.8. The highest BCUT2D eigenvalue weighted by Gasteiger charge is 2.52. The molecule has 1 aliphatic carbocycles. The van der Waals surface area contributed by atoms with Gasteiger partial charge in [-0.3, -0.25) is 14.4 Å². The Labute approximate surface area is 122 Å². The van der Waals surface area contributed by atoms with Crippen LogP contribution in [0, 0.1) is 11.8 Å². The van der Waals surface area contributed by atoms with E-state index in [9.17, 15) is 18.8 Å². The average molecular weight is 303 g/mol. The van der Waals surface area contributed by atoms with Crippen LogP contribution < -0.4 is 0 Å². The van der Waals surface area contributed by atoms with Gasteiger partial charge in [-0.05, 0) is 0 Å². The van der Waals surface area contributed by atoms with Gasteiger partial charge in [-0.2, -0.15) is 0 Å². The first-order valence-corrected chi connectivity index (χ1v) is 6.80. The van der Waals surface area contributed by atoms with Crippen LogP contribution in [-0.2, 0) is 28.6 Å². The topological polar surface area (TPSA) is 78.9 Å². The molecule has 0 N–H and O–H groups in total. The molecule has 3 unspecified atom stereocenters. The van der Waals surface area contributed by atoms with Gasteiger partial charge in [-0.1, -0.05) is 13.8 Å². The molecule has 7 heteroatoms. The Kier molecular flexibility index (Phi) is 5.69. The standard InChI is InChI=1S/C14H21FO6/c1-6-11(15)14(21-10(5)18)13(20-9(4)17)7(2)12(6)19-8(3)16/h6-7,11-14H,1-5H3/t6-,7-,11-,12?,13?,14?/m0/s1/i15-1. The molecule has 0 spiro atoms. The number of hydrogen-bond acceptors (Lipinski definition) is 6. The van der Waals surface area contributed by atoms with Crippen LogP contribution in [0.2, 0.25) is 0 Å². The van der Waals surface area contributed by atoms with E-state index in [-0.39, 0.29) is 0 Å². The summed E-state index contributed by atoms with van der Waals surface area (Å²) in [7, 11) is 0. The van der Waals surface area contributed by atoms with Gasteiger partial charge in [-0.25, -0.2) is 4.39 Å². The first-order valence-electron chi connectivity index (χ1n) is 6.80. The fourth-order valence-corrected chi connectivity index (χ4v) is 2.72. The monoisotopic (exact) mass is 303 g/mol. The number of halogens is 1. The summed E-state index contributed by atoms with van der Waals surface area (Å²) in [5.41, 5.74) is 0. The van der Waals surface area contributed by atoms with Crippen LogP contribution in [0.1, 0.15) is 34.6 Å². The predicted octanol–water partition coefficient (Wildman–Crippen LogP) is 1.41. The quantitative estimate of drug-likeness (QED) is 0.579. The van der Waals surface area contributed by atoms with E-state index in [4.69, 9.17) is 14.2 Å². The van der Waals surface area contributed by atoms with Crippen molar-refractivity contribution in [2.75, 3.05) is 0 Å². The lowest BCUT2D eigenvalue weighted by Gasteiger charge is -2.44. The minimum absolute atomic E-state index is 0.496. The summed E-state index contributed by atoms with van der Waals surface area (Å²) in [5.74, 6) is -3.00. The summed E-state index contributed by atoms with van der Waals surface area (Å²) in [6, 6.07) is 0. The molecule has 0 bridgehead atoms. The molecular formula is C14H21FO6. The number of rotatable bonds is 3. The fraction of sp³-hybridized carbons (Fsp3) is 0.786. The number of ether oxygens (including phenoxy) is 3. The second kappa shape index (κ2) is 6.87. The Morgan fingerprint density at radius 3 is 1.52 bits per heavy atom. The van der Waals surface area contributed by atoms with Crippen molar-refractivity contribution in [1.29, 1.82) is 0 Å². The van der Waals surface area contributed by atoms with E-state index >= 15 is 0 Å². The van der Waals surface area contributed by atoms with Gasteiger partial charge < -0.3 is 14.2 Å². The second-order valence-electron chi connectivity index (χ2n) is 5.38. The van der Waals surface area contributed by atoms with Crippen LogP contribution in [0.15, 0.2) is 0 Å². The first kappa shape index (κ1) is 17.4. The molecule has 0 saturated heterocycles. The third kappa shape index (κ3) is 4.15. The minimum Gasteiger partial charge on any atom is -0.462 e. The molecule has 0 heterocycles. The van der Waals surface area contributed by atoms with Crippen LogP contribution in [0.5, 0.6) is 0 Å². The second-order valence-corrected chi connectivity index (χ2v) is 5.38. The van der Waals surface area contributed by atoms with Crippen molar-refractivity contribution in [2.45, 2.75) is 59.1 Å². The summed E-state index contributed by atoms with van der Waals surface area (Å²) >= 11 is 0. The lowest BCUT2D eigenvalue weighted by molar-refractivity contribution is -0.207. The molecule has 0 aliphatic heterocycles. The molecule has 1 rings (SSSR count). The molecule has 0 aromatic carbocycles. The van der Waals surface area contributed by atoms with Crippen LogP contribution in [-0.4, -0.2) is 42.4 Å². The average Bonchev–Trinajstić information content (AvgIpc) is 2.35. The highest BCUT2D eigenvalue weighted by atomic mass is 18.2. The van der Waals surface area contributed by atoms with Gasteiger partial charge in [0.05, 0.1) is 0 Å². The van der Waals surface area contributed by atoms with Crippen LogP contribution in [0.25, 0.3) is 0 Å². The maximum Gasteiger partial charge on any atom is 0.303 e. The molecule has 0 radical (unpaired) electrons. The van der Waals surface area contributed by atoms with E-state index in [1.807, 2.05) is 0 Å². The third-order valence-corrected chi connectivity index (χ3v) is 3.60. The van der Waals surface area contributed by atoms with Gasteiger partial charge in [0.2, 0.25) is 0 Å². The largest absolute Gasteiger partial charge is 0.462 e. The molecule has 120 valence electrons. The van der Waals surface area contributed by atoms with Gasteiger partial charge >= 0.3 is 17.9 Å². The van der Waals surface area contributed by atoms with E-state index in [1.54, 1.807) is 13.8 Å². The maximum atomic E-state index is 14.5. The number of alkyl halides is 1. The third-order valence-electron chi connectivity index (χ3n) is 3.60. The minimum atomic E-state index is -1.60. The van der Waals surface area contributed by atoms with Crippen molar-refractivity contribution in [2.24, 2.45) is 11.8 Å². The molecule has 0 aromatic rings. The van der Waals surface area contributed by atoms with E-state index in [2.05, 4.69) is 0 Å². The SMILES string of the molecule is CC(=O)OC1C(OC(C)=O)[C@@H]([18F])[C@H](C)C(OC(C)=O)[C@@H]1C. The summed E-state index contributed by atoms with van der Waals surface area (Å²) < 4.78 is 29.7. The Morgan fingerprint density at radius 2 is 1.10 bits per heavy atom. The molecule has 1 aliphatic rings. The Balaban J connectivity index is 3.06. The Hall–Kier alpha value is -1.66. The van der Waals surface area contributed by atoms with Crippen LogP contribution >= 0.6 is 0 Å². The summed E-state index contributed by atoms with van der Waals surface area (Å²) in [4.78, 5) is 33.5. The molecule has 1 saturated carbocycles. The molecule has 21 heavy (non-hydrogen) atoms. The Morgan fingerprint density at radius 1 is 0.714 bits per heavy atom. The first-order chi connectivity index (χ1) is 9.65. The number of carbonyl (C=O) groups excluding carboxylic acids is 3. The summed E-state index contributed by atoms with van der Waals surface area (Å²) in [6.45, 7) is 6.80. The lowest BCUT2D eigenvalue weighted by Crippen LogP contribution is -2.58. The number of carbonyl (C=O) groups is 3. The molecule has 0 amide bonds. The predicted molar refractivity (Wildman–Crippen MR) is 69.9 cm³/mol. The van der Waals surface area contributed by atoms with E-state index in [0.29, 0.717) is 0 Å². The van der Waals surface area contributed by atoms with Crippen molar-refractivity contribution in [3.8, 4) is 0 Å². The van der Waals surface area contributed by atoms with Crippen molar-refractivity contribution < 1.29 is 33.0 Å². The highest BCUT2D eigenvalue weighted by molar-refractivity contribution is 5.68. The summed E-state index contributed by atoms with van der Waals surface area (Å²) in [6.07, 6.45) is -4.56. The van der Waals surface area contributed by atoms with Crippen molar-refractivity contribution in [1.82, 2.24) is 0 Å². The lowest BCUT2D eigenvalue weighted by atomic mass is 9.75. The van der Waals surface area contributed by atoms with Crippen molar-refractivity contribution in [3.05, 3.63) is 0 Å². The highest BCUT2D eigenvalue weighted by Crippen LogP contribution is 2.37. The van der Waals surface area contributed by atoms with Gasteiger partial charge in [0.25, 0.3) is 0 Å². The molecule has 1 fully saturated rings. The van der Waals surface area contributed by atoms with Crippen molar-refractivity contribution >= 4 is 17.9 Å². The van der Waals surface area contributed by atoms with Crippen LogP contribution in [0.3, 0.4) is 0 Å². The smallest absolute Gasteiger partial charge is 0.303 e. The molecule has 6 nitrogen and oxygen atoms in total. The van der Waals surface area contributed by atoms with Gasteiger partial charge in [0, 0.05) is 32.6 Å². The zero-order valence-electron chi connectivity index (χ0n) is 12.8. The van der Waals surface area contributed by atoms with E-state index in [1.165, 1.54) is 13.8 Å². The van der Waals surface area contributed by atoms with Gasteiger partial charge in [0.1, 0.15) is 18.4 Å². The van der Waals surface area contributed by atoms with E-state index in [0.717, 1.165) is 6.92 Å². The molecule has 6 atom stereocenters. The number of esters is 3. The molecule has 0 aromatic heterocycles. The fourth-order valence-electron chi connectivity index (χ4n) is 2.72. The number of hydrogen-bond donors (Lipinski definition) is 0. The zero-order chi connectivity index (χ0) is 16.3. The van der Waals surface area contributed by atoms with Gasteiger partial charge in [0.15, 0.2) is 6.10 Å².